The number of primary amides is 1. The van der Waals surface area contributed by atoms with Crippen molar-refractivity contribution in [2.75, 3.05) is 0 Å². The number of aromatic amines is 1. The van der Waals surface area contributed by atoms with E-state index >= 15 is 0 Å². The van der Waals surface area contributed by atoms with E-state index < -0.39 is 44.4 Å². The number of hydrogen-bond acceptors (Lipinski definition) is 6. The molecule has 3 aromatic rings. The summed E-state index contributed by atoms with van der Waals surface area (Å²) in [6.07, 6.45) is 0. The maximum absolute atomic E-state index is 14.7. The van der Waals surface area contributed by atoms with E-state index in [1.807, 2.05) is 0 Å². The smallest absolute Gasteiger partial charge is 0.391 e. The molecule has 0 radical (unpaired) electrons. The minimum absolute atomic E-state index is 0.184. The fourth-order valence-electron chi connectivity index (χ4n) is 3.29. The number of hydrogen-bond donors (Lipinski definition) is 3. The van der Waals surface area contributed by atoms with E-state index in [2.05, 4.69) is 46.8 Å². The number of aromatic nitrogens is 2. The number of carbonyl (C=O) groups excluding carboxylic acids is 1. The molecule has 3 rings (SSSR count). The normalized spacial score (nSPS) is 13.7. The predicted molar refractivity (Wildman–Crippen MR) is 120 cm³/mol. The first-order chi connectivity index (χ1) is 14.9. The molecule has 2 aromatic carbocycles. The molecule has 9 nitrogen and oxygen atoms in total. The molecule has 0 aliphatic rings. The molecule has 0 saturated heterocycles. The third-order valence-electron chi connectivity index (χ3n) is 4.85. The fraction of sp³-hybridized carbons (Fsp3) is 0.211. The Hall–Kier alpha value is -2.35. The van der Waals surface area contributed by atoms with Crippen molar-refractivity contribution < 1.29 is 22.0 Å². The average Bonchev–Trinajstić information content (AvgIpc) is 3.15. The van der Waals surface area contributed by atoms with Gasteiger partial charge in [-0.1, -0.05) is 38.8 Å². The number of nitrogens with one attached hydrogen (secondary N) is 2. The molecule has 0 aliphatic carbocycles. The van der Waals surface area contributed by atoms with Crippen LogP contribution in [0.2, 0.25) is 0 Å². The van der Waals surface area contributed by atoms with Crippen molar-refractivity contribution >= 4 is 47.8 Å². The Morgan fingerprint density at radius 1 is 1.28 bits per heavy atom. The molecule has 1 amide bonds. The summed E-state index contributed by atoms with van der Waals surface area (Å²) in [6.45, 7) is 3.21. The van der Waals surface area contributed by atoms with Gasteiger partial charge in [0.1, 0.15) is 11.9 Å². The number of H-pyrrole nitrogens is 1. The second-order valence-electron chi connectivity index (χ2n) is 6.91. The number of sulfonamides is 1. The van der Waals surface area contributed by atoms with Gasteiger partial charge in [-0.2, -0.15) is 4.72 Å². The molecule has 0 saturated carbocycles. The Labute approximate surface area is 198 Å². The van der Waals surface area contributed by atoms with Crippen LogP contribution in [0.25, 0.3) is 0 Å². The second kappa shape index (κ2) is 9.25. The van der Waals surface area contributed by atoms with Crippen molar-refractivity contribution in [2.24, 2.45) is 5.73 Å². The molecule has 0 fully saturated rings. The summed E-state index contributed by atoms with van der Waals surface area (Å²) >= 11 is 6.50. The first kappa shape index (κ1) is 24.3. The molecule has 0 bridgehead atoms. The zero-order valence-electron chi connectivity index (χ0n) is 16.6. The lowest BCUT2D eigenvalue weighted by atomic mass is 9.90. The molecule has 170 valence electrons. The summed E-state index contributed by atoms with van der Waals surface area (Å²) in [5, 5.41) is 5.80. The zero-order chi connectivity index (χ0) is 23.8. The van der Waals surface area contributed by atoms with Crippen LogP contribution in [0.15, 0.2) is 53.4 Å². The average molecular weight is 592 g/mol. The van der Waals surface area contributed by atoms with Crippen molar-refractivity contribution in [2.45, 2.75) is 30.7 Å². The van der Waals surface area contributed by atoms with Crippen LogP contribution in [-0.4, -0.2) is 24.5 Å². The fourth-order valence-corrected chi connectivity index (χ4v) is 5.46. The van der Waals surface area contributed by atoms with Crippen LogP contribution in [0.4, 0.5) is 4.39 Å². The molecule has 0 unspecified atom stereocenters. The van der Waals surface area contributed by atoms with Crippen molar-refractivity contribution in [3.05, 3.63) is 78.2 Å². The van der Waals surface area contributed by atoms with Gasteiger partial charge in [0.2, 0.25) is 21.8 Å². The molecule has 32 heavy (non-hydrogen) atoms. The maximum atomic E-state index is 14.7. The van der Waals surface area contributed by atoms with E-state index in [0.29, 0.717) is 14.5 Å². The van der Waals surface area contributed by atoms with E-state index in [1.165, 1.54) is 30.3 Å². The zero-order valence-corrected chi connectivity index (χ0v) is 20.6. The topological polar surface area (TPSA) is 148 Å². The highest BCUT2D eigenvalue weighted by atomic mass is 79.9. The van der Waals surface area contributed by atoms with Crippen LogP contribution in [0.3, 0.4) is 0 Å². The highest BCUT2D eigenvalue weighted by molar-refractivity contribution is 9.10. The lowest BCUT2D eigenvalue weighted by Crippen LogP contribution is -2.34. The monoisotopic (exact) mass is 590 g/mol. The van der Waals surface area contributed by atoms with E-state index in [-0.39, 0.29) is 17.0 Å². The molecule has 1 heterocycles. The summed E-state index contributed by atoms with van der Waals surface area (Å²) in [6, 6.07) is 5.34. The van der Waals surface area contributed by atoms with E-state index in [1.54, 1.807) is 13.8 Å². The van der Waals surface area contributed by atoms with Gasteiger partial charge in [-0.15, -0.1) is 5.10 Å². The number of benzene rings is 2. The van der Waals surface area contributed by atoms with Crippen LogP contribution in [0.1, 0.15) is 46.3 Å². The van der Waals surface area contributed by atoms with Gasteiger partial charge in [-0.05, 0) is 48.4 Å². The summed E-state index contributed by atoms with van der Waals surface area (Å²) in [4.78, 5) is 23.0. The Morgan fingerprint density at radius 3 is 2.56 bits per heavy atom. The van der Waals surface area contributed by atoms with Gasteiger partial charge in [0.15, 0.2) is 0 Å². The first-order valence-corrected chi connectivity index (χ1v) is 12.1. The number of nitrogens with two attached hydrogens (primary N) is 1. The quantitative estimate of drug-likeness (QED) is 0.384. The van der Waals surface area contributed by atoms with Gasteiger partial charge in [-0.25, -0.2) is 22.7 Å². The standard InChI is InChI=1S/C19H17Br2FN4O5S/c1-8-12(21)4-5-13(22)15(8)9(2)16(18-24-25-19(28)31-18)26-32(29,30)14-6-3-10(20)7-11(14)17(23)27/h3-7,9,16,26H,1-2H3,(H2,23,27)(H,25,28)/t9-,16+/m1/s1. The number of halogens is 3. The maximum Gasteiger partial charge on any atom is 0.434 e. The molecular weight excluding hydrogens is 575 g/mol. The largest absolute Gasteiger partial charge is 0.434 e. The molecule has 2 atom stereocenters. The van der Waals surface area contributed by atoms with Crippen LogP contribution in [0, 0.1) is 12.7 Å². The molecular formula is C19H17Br2FN4O5S. The van der Waals surface area contributed by atoms with Crippen molar-refractivity contribution in [1.29, 1.82) is 0 Å². The summed E-state index contributed by atoms with van der Waals surface area (Å²) in [7, 11) is -4.40. The van der Waals surface area contributed by atoms with Gasteiger partial charge < -0.3 is 10.2 Å². The number of rotatable bonds is 7. The minimum Gasteiger partial charge on any atom is -0.391 e. The van der Waals surface area contributed by atoms with Gasteiger partial charge in [-0.3, -0.25) is 4.79 Å². The number of carbonyl (C=O) groups is 1. The summed E-state index contributed by atoms with van der Waals surface area (Å²) < 4.78 is 49.6. The van der Waals surface area contributed by atoms with Gasteiger partial charge in [0.05, 0.1) is 10.5 Å². The van der Waals surface area contributed by atoms with Crippen molar-refractivity contribution in [3.63, 3.8) is 0 Å². The van der Waals surface area contributed by atoms with E-state index in [9.17, 15) is 22.4 Å². The van der Waals surface area contributed by atoms with Crippen molar-refractivity contribution in [1.82, 2.24) is 14.9 Å². The minimum atomic E-state index is -4.40. The summed E-state index contributed by atoms with van der Waals surface area (Å²) in [5.41, 5.74) is 5.80. The molecule has 0 spiro atoms. The SMILES string of the molecule is Cc1c(Br)ccc(F)c1[C@@H](C)[C@H](NS(=O)(=O)c1ccc(Br)cc1C(N)=O)c1n[nH]c(=O)o1. The Balaban J connectivity index is 2.14. The third-order valence-corrected chi connectivity index (χ3v) is 7.70. The Morgan fingerprint density at radius 2 is 1.97 bits per heavy atom. The van der Waals surface area contributed by atoms with Crippen LogP contribution >= 0.6 is 31.9 Å². The van der Waals surface area contributed by atoms with E-state index in [4.69, 9.17) is 10.2 Å². The Kier molecular flexibility index (Phi) is 7.03. The van der Waals surface area contributed by atoms with Crippen LogP contribution < -0.4 is 16.2 Å². The number of nitrogens with zero attached hydrogens (tertiary/aromatic N) is 1. The van der Waals surface area contributed by atoms with Crippen LogP contribution in [0.5, 0.6) is 0 Å². The first-order valence-electron chi connectivity index (χ1n) is 9.04. The predicted octanol–water partition coefficient (Wildman–Crippen LogP) is 3.26. The molecule has 13 heteroatoms. The van der Waals surface area contributed by atoms with Crippen LogP contribution in [-0.2, 0) is 10.0 Å². The molecule has 4 N–H and O–H groups in total. The van der Waals surface area contributed by atoms with Gasteiger partial charge >= 0.3 is 5.76 Å². The van der Waals surface area contributed by atoms with Crippen molar-refractivity contribution in [3.8, 4) is 0 Å². The number of amides is 1. The Bertz CT molecular complexity index is 1360. The lowest BCUT2D eigenvalue weighted by Gasteiger charge is -2.25. The lowest BCUT2D eigenvalue weighted by molar-refractivity contribution is 0.0997. The highest BCUT2D eigenvalue weighted by Gasteiger charge is 2.34. The molecule has 0 aliphatic heterocycles. The second-order valence-corrected chi connectivity index (χ2v) is 10.4. The summed E-state index contributed by atoms with van der Waals surface area (Å²) in [5.74, 6) is -3.63. The highest BCUT2D eigenvalue weighted by Crippen LogP contribution is 2.36. The van der Waals surface area contributed by atoms with Gasteiger partial charge in [0, 0.05) is 14.9 Å². The molecule has 1 aromatic heterocycles. The third kappa shape index (κ3) is 4.85. The van der Waals surface area contributed by atoms with E-state index in [0.717, 1.165) is 0 Å². The van der Waals surface area contributed by atoms with Gasteiger partial charge in [0.25, 0.3) is 0 Å².